The van der Waals surface area contributed by atoms with Gasteiger partial charge in [0.2, 0.25) is 0 Å². The Morgan fingerprint density at radius 2 is 1.73 bits per heavy atom. The molecule has 9 heteroatoms. The summed E-state index contributed by atoms with van der Waals surface area (Å²) in [5.74, 6) is 1.03. The van der Waals surface area contributed by atoms with E-state index in [4.69, 9.17) is 18.9 Å². The van der Waals surface area contributed by atoms with Gasteiger partial charge in [-0.2, -0.15) is 0 Å². The van der Waals surface area contributed by atoms with Crippen molar-refractivity contribution in [3.63, 3.8) is 0 Å². The van der Waals surface area contributed by atoms with Gasteiger partial charge in [0.1, 0.15) is 12.4 Å². The summed E-state index contributed by atoms with van der Waals surface area (Å²) in [4.78, 5) is 29.4. The Labute approximate surface area is 236 Å². The van der Waals surface area contributed by atoms with Crippen LogP contribution in [0, 0.1) is 0 Å². The third kappa shape index (κ3) is 5.50. The van der Waals surface area contributed by atoms with E-state index in [0.29, 0.717) is 28.4 Å². The Balaban J connectivity index is 1.72. The van der Waals surface area contributed by atoms with Crippen LogP contribution in [0.5, 0.6) is 11.5 Å². The lowest BCUT2D eigenvalue weighted by atomic mass is 9.90. The highest BCUT2D eigenvalue weighted by Crippen LogP contribution is 2.41. The third-order valence-electron chi connectivity index (χ3n) is 6.85. The second-order valence-electron chi connectivity index (χ2n) is 9.24. The molecule has 9 nitrogen and oxygen atoms in total. The van der Waals surface area contributed by atoms with Gasteiger partial charge < -0.3 is 24.1 Å². The van der Waals surface area contributed by atoms with Crippen molar-refractivity contribution in [1.82, 2.24) is 9.55 Å². The molecule has 0 radical (unpaired) electrons. The van der Waals surface area contributed by atoms with Crippen LogP contribution in [-0.4, -0.2) is 48.1 Å². The van der Waals surface area contributed by atoms with E-state index in [1.807, 2.05) is 54.6 Å². The summed E-state index contributed by atoms with van der Waals surface area (Å²) in [5.41, 5.74) is 3.25. The zero-order valence-electron chi connectivity index (χ0n) is 23.0. The van der Waals surface area contributed by atoms with E-state index in [1.54, 1.807) is 38.0 Å². The first-order chi connectivity index (χ1) is 20.0. The fourth-order valence-corrected chi connectivity index (χ4v) is 5.03. The second kappa shape index (κ2) is 12.2. The number of aromatic nitrogens is 2. The summed E-state index contributed by atoms with van der Waals surface area (Å²) < 4.78 is 23.3. The Morgan fingerprint density at radius 3 is 2.49 bits per heavy atom. The smallest absolute Gasteiger partial charge is 0.332 e. The predicted molar refractivity (Wildman–Crippen MR) is 156 cm³/mol. The van der Waals surface area contributed by atoms with Crippen LogP contribution < -0.4 is 15.0 Å². The second-order valence-corrected chi connectivity index (χ2v) is 9.24. The fourth-order valence-electron chi connectivity index (χ4n) is 5.03. The normalized spacial score (nSPS) is 11.1. The molecule has 0 spiro atoms. The van der Waals surface area contributed by atoms with Crippen molar-refractivity contribution in [2.24, 2.45) is 0 Å². The highest BCUT2D eigenvalue weighted by molar-refractivity contribution is 6.01. The van der Waals surface area contributed by atoms with E-state index in [1.165, 1.54) is 6.07 Å². The zero-order chi connectivity index (χ0) is 28.9. The van der Waals surface area contributed by atoms with Crippen molar-refractivity contribution in [2.45, 2.75) is 20.1 Å². The summed E-state index contributed by atoms with van der Waals surface area (Å²) in [5, 5.41) is 13.1. The molecule has 0 aliphatic rings. The maximum atomic E-state index is 13.0. The van der Waals surface area contributed by atoms with E-state index in [9.17, 15) is 14.7 Å². The third-order valence-corrected chi connectivity index (χ3v) is 6.85. The molecular formula is C32H30N2O7. The molecule has 0 bridgehead atoms. The van der Waals surface area contributed by atoms with Crippen LogP contribution >= 0.6 is 0 Å². The first-order valence-electron chi connectivity index (χ1n) is 13.1. The average molecular weight is 555 g/mol. The maximum Gasteiger partial charge on any atom is 0.332 e. The molecule has 0 saturated carbocycles. The van der Waals surface area contributed by atoms with Crippen molar-refractivity contribution in [3.05, 3.63) is 94.4 Å². The minimum absolute atomic E-state index is 0.0622. The lowest BCUT2D eigenvalue weighted by Crippen LogP contribution is -2.18. The van der Waals surface area contributed by atoms with Crippen LogP contribution in [0.3, 0.4) is 0 Å². The molecule has 0 fully saturated rings. The molecule has 2 aromatic heterocycles. The lowest BCUT2D eigenvalue weighted by molar-refractivity contribution is -0.148. The van der Waals surface area contributed by atoms with E-state index < -0.39 is 5.97 Å². The van der Waals surface area contributed by atoms with Gasteiger partial charge in [-0.05, 0) is 87.8 Å². The van der Waals surface area contributed by atoms with E-state index in [2.05, 4.69) is 4.98 Å². The molecular weight excluding hydrogens is 524 g/mol. The van der Waals surface area contributed by atoms with Crippen LogP contribution in [0.25, 0.3) is 38.6 Å². The molecule has 0 aliphatic heterocycles. The van der Waals surface area contributed by atoms with Crippen LogP contribution in [0.1, 0.15) is 18.1 Å². The van der Waals surface area contributed by atoms with E-state index >= 15 is 0 Å². The SMILES string of the molecule is CCOC(=O)COCc1cc2cc(OC)c(OC)cc2c(-c2ccnc(-n3c(=O)ccc4ccccc43)c2)c1CO. The number of carbonyl (C=O) groups is 1. The number of hydrogen-bond acceptors (Lipinski definition) is 8. The Kier molecular flexibility index (Phi) is 8.28. The number of aliphatic hydroxyl groups is 1. The number of fused-ring (bicyclic) bond motifs is 2. The molecule has 2 heterocycles. The summed E-state index contributed by atoms with van der Waals surface area (Å²) in [7, 11) is 3.12. The van der Waals surface area contributed by atoms with Gasteiger partial charge in [-0.3, -0.25) is 9.36 Å². The molecule has 210 valence electrons. The van der Waals surface area contributed by atoms with Gasteiger partial charge >= 0.3 is 5.97 Å². The van der Waals surface area contributed by atoms with Gasteiger partial charge in [0, 0.05) is 12.3 Å². The number of nitrogens with zero attached hydrogens (tertiary/aromatic N) is 2. The molecule has 0 saturated heterocycles. The number of pyridine rings is 2. The summed E-state index contributed by atoms with van der Waals surface area (Å²) >= 11 is 0. The van der Waals surface area contributed by atoms with Crippen molar-refractivity contribution in [2.75, 3.05) is 27.4 Å². The molecule has 5 rings (SSSR count). The van der Waals surface area contributed by atoms with Crippen molar-refractivity contribution in [3.8, 4) is 28.4 Å². The van der Waals surface area contributed by atoms with Crippen molar-refractivity contribution in [1.29, 1.82) is 0 Å². The standard InChI is InChI=1S/C32H30N2O7/c1-4-41-31(37)19-40-18-23-13-22-14-27(38-2)28(39-3)16-24(22)32(25(23)17-35)21-11-12-33-29(15-21)34-26-8-6-5-7-20(26)9-10-30(34)36/h5-16,35H,4,17-19H2,1-3H3. The predicted octanol–water partition coefficient (Wildman–Crippen LogP) is 4.80. The Hall–Kier alpha value is -4.73. The molecule has 0 unspecified atom stereocenters. The topological polar surface area (TPSA) is 109 Å². The van der Waals surface area contributed by atoms with Gasteiger partial charge in [-0.15, -0.1) is 0 Å². The van der Waals surface area contributed by atoms with E-state index in [0.717, 1.165) is 32.8 Å². The zero-order valence-corrected chi connectivity index (χ0v) is 23.0. The van der Waals surface area contributed by atoms with Crippen LogP contribution in [0.2, 0.25) is 0 Å². The van der Waals surface area contributed by atoms with Crippen LogP contribution in [0.15, 0.2) is 77.7 Å². The average Bonchev–Trinajstić information content (AvgIpc) is 2.99. The summed E-state index contributed by atoms with van der Waals surface area (Å²) in [6.45, 7) is 1.53. The summed E-state index contributed by atoms with van der Waals surface area (Å²) in [6, 6.07) is 20.2. The lowest BCUT2D eigenvalue weighted by Gasteiger charge is -2.19. The van der Waals surface area contributed by atoms with Crippen molar-refractivity contribution < 1.29 is 28.8 Å². The molecule has 5 aromatic rings. The molecule has 0 aliphatic carbocycles. The highest BCUT2D eigenvalue weighted by Gasteiger charge is 2.19. The largest absolute Gasteiger partial charge is 0.493 e. The number of benzene rings is 3. The molecule has 3 aromatic carbocycles. The molecule has 1 N–H and O–H groups in total. The fraction of sp³-hybridized carbons (Fsp3) is 0.219. The molecule has 41 heavy (non-hydrogen) atoms. The van der Waals surface area contributed by atoms with Gasteiger partial charge in [-0.1, -0.05) is 18.2 Å². The number of aliphatic hydroxyl groups excluding tert-OH is 1. The minimum Gasteiger partial charge on any atom is -0.493 e. The number of esters is 1. The van der Waals surface area contributed by atoms with Gasteiger partial charge in [-0.25, -0.2) is 9.78 Å². The van der Waals surface area contributed by atoms with Crippen LogP contribution in [0.4, 0.5) is 0 Å². The number of hydrogen-bond donors (Lipinski definition) is 1. The first-order valence-corrected chi connectivity index (χ1v) is 13.1. The van der Waals surface area contributed by atoms with Gasteiger partial charge in [0.15, 0.2) is 11.5 Å². The number of methoxy groups -OCH3 is 2. The Morgan fingerprint density at radius 1 is 0.951 bits per heavy atom. The number of carbonyl (C=O) groups excluding carboxylic acids is 1. The van der Waals surface area contributed by atoms with E-state index in [-0.39, 0.29) is 32.0 Å². The van der Waals surface area contributed by atoms with Gasteiger partial charge in [0.05, 0.1) is 39.6 Å². The Bertz CT molecular complexity index is 1800. The maximum absolute atomic E-state index is 13.0. The molecule has 0 atom stereocenters. The monoisotopic (exact) mass is 554 g/mol. The number of rotatable bonds is 10. The minimum atomic E-state index is -0.468. The van der Waals surface area contributed by atoms with Gasteiger partial charge in [0.25, 0.3) is 5.56 Å². The number of para-hydroxylation sites is 1. The highest BCUT2D eigenvalue weighted by atomic mass is 16.6. The van der Waals surface area contributed by atoms with Crippen molar-refractivity contribution >= 4 is 27.6 Å². The molecule has 0 amide bonds. The van der Waals surface area contributed by atoms with Crippen LogP contribution in [-0.2, 0) is 27.5 Å². The first kappa shape index (κ1) is 27.8. The quantitative estimate of drug-likeness (QED) is 0.245. The summed E-state index contributed by atoms with van der Waals surface area (Å²) in [6.07, 6.45) is 1.64. The number of ether oxygens (including phenoxy) is 4.